The van der Waals surface area contributed by atoms with Gasteiger partial charge in [0.2, 0.25) is 0 Å². The lowest BCUT2D eigenvalue weighted by Crippen LogP contribution is -2.46. The molecule has 3 aromatic rings. The average molecular weight is 387 g/mol. The van der Waals surface area contributed by atoms with Gasteiger partial charge < -0.3 is 15.5 Å². The average Bonchev–Trinajstić information content (AvgIpc) is 2.80. The second-order valence-corrected chi connectivity index (χ2v) is 7.11. The maximum absolute atomic E-state index is 12.5. The first-order valence-corrected chi connectivity index (χ1v) is 9.97. The van der Waals surface area contributed by atoms with Crippen LogP contribution in [0.15, 0.2) is 73.1 Å². The fourth-order valence-electron chi connectivity index (χ4n) is 3.55. The molecule has 3 heterocycles. The molecule has 1 aliphatic rings. The number of rotatable bonds is 6. The second kappa shape index (κ2) is 9.30. The third kappa shape index (κ3) is 4.97. The number of amides is 1. The molecule has 0 spiro atoms. The number of piperazine rings is 1. The Morgan fingerprint density at radius 3 is 2.72 bits per heavy atom. The van der Waals surface area contributed by atoms with Crippen molar-refractivity contribution in [2.75, 3.05) is 31.1 Å². The summed E-state index contributed by atoms with van der Waals surface area (Å²) >= 11 is 0. The quantitative estimate of drug-likeness (QED) is 0.680. The van der Waals surface area contributed by atoms with Crippen LogP contribution in [0.2, 0.25) is 0 Å². The normalized spacial score (nSPS) is 16.4. The van der Waals surface area contributed by atoms with E-state index in [1.807, 2.05) is 30.3 Å². The van der Waals surface area contributed by atoms with E-state index < -0.39 is 0 Å². The van der Waals surface area contributed by atoms with Crippen LogP contribution in [0.4, 0.5) is 5.82 Å². The van der Waals surface area contributed by atoms with Gasteiger partial charge in [0.25, 0.3) is 5.91 Å². The van der Waals surface area contributed by atoms with E-state index in [1.165, 1.54) is 5.56 Å². The van der Waals surface area contributed by atoms with Crippen molar-refractivity contribution in [3.63, 3.8) is 0 Å². The first-order chi connectivity index (χ1) is 14.3. The predicted molar refractivity (Wildman–Crippen MR) is 114 cm³/mol. The number of nitrogens with zero attached hydrogens (tertiary/aromatic N) is 3. The summed E-state index contributed by atoms with van der Waals surface area (Å²) in [4.78, 5) is 23.4. The number of pyridine rings is 2. The van der Waals surface area contributed by atoms with Gasteiger partial charge in [0.1, 0.15) is 11.5 Å². The highest BCUT2D eigenvalue weighted by molar-refractivity contribution is 5.92. The highest BCUT2D eigenvalue weighted by atomic mass is 16.1. The van der Waals surface area contributed by atoms with Crippen LogP contribution < -0.4 is 15.5 Å². The molecule has 4 rings (SSSR count). The Morgan fingerprint density at radius 1 is 1.07 bits per heavy atom. The largest absolute Gasteiger partial charge is 0.353 e. The molecule has 1 aromatic carbocycles. The lowest BCUT2D eigenvalue weighted by molar-refractivity contribution is 0.0949. The van der Waals surface area contributed by atoms with Gasteiger partial charge in [0.15, 0.2) is 0 Å². The molecule has 29 heavy (non-hydrogen) atoms. The summed E-state index contributed by atoms with van der Waals surface area (Å²) in [6.07, 6.45) is 4.29. The summed E-state index contributed by atoms with van der Waals surface area (Å²) in [5, 5.41) is 6.52. The number of carbonyl (C=O) groups is 1. The van der Waals surface area contributed by atoms with Crippen LogP contribution in [0.25, 0.3) is 0 Å². The van der Waals surface area contributed by atoms with Crippen LogP contribution in [-0.4, -0.2) is 42.1 Å². The number of hydrogen-bond acceptors (Lipinski definition) is 5. The third-order valence-corrected chi connectivity index (χ3v) is 5.12. The minimum Gasteiger partial charge on any atom is -0.353 e. The van der Waals surface area contributed by atoms with Gasteiger partial charge in [-0.15, -0.1) is 0 Å². The number of benzene rings is 1. The van der Waals surface area contributed by atoms with Gasteiger partial charge in [-0.25, -0.2) is 4.98 Å². The van der Waals surface area contributed by atoms with Gasteiger partial charge in [0.05, 0.1) is 0 Å². The van der Waals surface area contributed by atoms with Gasteiger partial charge in [-0.3, -0.25) is 9.78 Å². The van der Waals surface area contributed by atoms with E-state index in [2.05, 4.69) is 49.8 Å². The molecule has 0 radical (unpaired) electrons. The maximum Gasteiger partial charge on any atom is 0.269 e. The molecule has 0 aliphatic carbocycles. The second-order valence-electron chi connectivity index (χ2n) is 7.11. The summed E-state index contributed by atoms with van der Waals surface area (Å²) in [5.41, 5.74) is 2.86. The summed E-state index contributed by atoms with van der Waals surface area (Å²) in [6, 6.07) is 20.2. The Hall–Kier alpha value is -3.25. The summed E-state index contributed by atoms with van der Waals surface area (Å²) in [7, 11) is 0. The fourth-order valence-corrected chi connectivity index (χ4v) is 3.55. The van der Waals surface area contributed by atoms with Crippen LogP contribution in [0.5, 0.6) is 0 Å². The molecule has 1 atom stereocenters. The number of carbonyl (C=O) groups excluding carboxylic acids is 1. The molecular formula is C23H25N5O. The number of aromatic nitrogens is 2. The first-order valence-electron chi connectivity index (χ1n) is 9.97. The van der Waals surface area contributed by atoms with E-state index in [1.54, 1.807) is 18.5 Å². The molecule has 1 amide bonds. The van der Waals surface area contributed by atoms with Gasteiger partial charge in [0, 0.05) is 44.6 Å². The van der Waals surface area contributed by atoms with E-state index in [4.69, 9.17) is 0 Å². The molecular weight excluding hydrogens is 362 g/mol. The standard InChI is InChI=1S/C23H25N5O/c29-23(26-14-11-18-9-12-24-13-10-18)20-7-4-8-22(27-20)28-16-15-25-21(17-28)19-5-2-1-3-6-19/h1-10,12-13,21,25H,11,14-17H2,(H,26,29). The highest BCUT2D eigenvalue weighted by Gasteiger charge is 2.22. The van der Waals surface area contributed by atoms with Crippen molar-refractivity contribution in [3.05, 3.63) is 89.9 Å². The van der Waals surface area contributed by atoms with Crippen molar-refractivity contribution < 1.29 is 4.79 Å². The summed E-state index contributed by atoms with van der Waals surface area (Å²) < 4.78 is 0. The molecule has 1 unspecified atom stereocenters. The molecule has 1 aliphatic heterocycles. The van der Waals surface area contributed by atoms with Crippen molar-refractivity contribution >= 4 is 11.7 Å². The van der Waals surface area contributed by atoms with E-state index in [0.717, 1.165) is 37.4 Å². The van der Waals surface area contributed by atoms with E-state index in [9.17, 15) is 4.79 Å². The Kier molecular flexibility index (Phi) is 6.12. The Labute approximate surface area is 171 Å². The van der Waals surface area contributed by atoms with Gasteiger partial charge in [-0.1, -0.05) is 36.4 Å². The molecule has 1 saturated heterocycles. The Balaban J connectivity index is 1.38. The van der Waals surface area contributed by atoms with Crippen LogP contribution in [0.3, 0.4) is 0 Å². The smallest absolute Gasteiger partial charge is 0.269 e. The minimum absolute atomic E-state index is 0.143. The third-order valence-electron chi connectivity index (χ3n) is 5.12. The lowest BCUT2D eigenvalue weighted by atomic mass is 10.0. The predicted octanol–water partition coefficient (Wildman–Crippen LogP) is 2.60. The zero-order chi connectivity index (χ0) is 19.9. The molecule has 0 saturated carbocycles. The zero-order valence-electron chi connectivity index (χ0n) is 16.3. The Morgan fingerprint density at radius 2 is 1.90 bits per heavy atom. The van der Waals surface area contributed by atoms with Crippen molar-refractivity contribution in [1.82, 2.24) is 20.6 Å². The van der Waals surface area contributed by atoms with Gasteiger partial charge in [-0.2, -0.15) is 0 Å². The number of nitrogens with one attached hydrogen (secondary N) is 2. The van der Waals surface area contributed by atoms with E-state index >= 15 is 0 Å². The van der Waals surface area contributed by atoms with Gasteiger partial charge in [-0.05, 0) is 41.8 Å². The van der Waals surface area contributed by atoms with Crippen LogP contribution >= 0.6 is 0 Å². The monoisotopic (exact) mass is 387 g/mol. The summed E-state index contributed by atoms with van der Waals surface area (Å²) in [5.74, 6) is 0.699. The topological polar surface area (TPSA) is 70.2 Å². The minimum atomic E-state index is -0.143. The molecule has 6 heteroatoms. The fraction of sp³-hybridized carbons (Fsp3) is 0.261. The number of hydrogen-bond donors (Lipinski definition) is 2. The molecule has 2 N–H and O–H groups in total. The van der Waals surface area contributed by atoms with E-state index in [-0.39, 0.29) is 11.9 Å². The van der Waals surface area contributed by atoms with Crippen LogP contribution in [0, 0.1) is 0 Å². The van der Waals surface area contributed by atoms with E-state index in [0.29, 0.717) is 12.2 Å². The van der Waals surface area contributed by atoms with Crippen molar-refractivity contribution in [2.24, 2.45) is 0 Å². The maximum atomic E-state index is 12.5. The number of anilines is 1. The highest BCUT2D eigenvalue weighted by Crippen LogP contribution is 2.21. The SMILES string of the molecule is O=C(NCCc1ccncc1)c1cccc(N2CCNC(c3ccccc3)C2)n1. The molecule has 0 bridgehead atoms. The molecule has 148 valence electrons. The Bertz CT molecular complexity index is 932. The first kappa shape index (κ1) is 19.1. The van der Waals surface area contributed by atoms with Gasteiger partial charge >= 0.3 is 0 Å². The van der Waals surface area contributed by atoms with Crippen molar-refractivity contribution in [3.8, 4) is 0 Å². The zero-order valence-corrected chi connectivity index (χ0v) is 16.3. The summed E-state index contributed by atoms with van der Waals surface area (Å²) in [6.45, 7) is 3.13. The molecule has 2 aromatic heterocycles. The lowest BCUT2D eigenvalue weighted by Gasteiger charge is -2.34. The molecule has 6 nitrogen and oxygen atoms in total. The van der Waals surface area contributed by atoms with Crippen LogP contribution in [-0.2, 0) is 6.42 Å². The van der Waals surface area contributed by atoms with Crippen molar-refractivity contribution in [2.45, 2.75) is 12.5 Å². The van der Waals surface area contributed by atoms with Crippen LogP contribution in [0.1, 0.15) is 27.7 Å². The molecule has 1 fully saturated rings. The van der Waals surface area contributed by atoms with Crippen molar-refractivity contribution in [1.29, 1.82) is 0 Å².